The van der Waals surface area contributed by atoms with Gasteiger partial charge < -0.3 is 5.73 Å². The third-order valence-electron chi connectivity index (χ3n) is 2.87. The lowest BCUT2D eigenvalue weighted by Gasteiger charge is -2.13. The summed E-state index contributed by atoms with van der Waals surface area (Å²) >= 11 is 18.1. The van der Waals surface area contributed by atoms with Gasteiger partial charge in [-0.2, -0.15) is 23.5 Å². The van der Waals surface area contributed by atoms with Crippen molar-refractivity contribution < 1.29 is 13.2 Å². The molecule has 1 aromatic carbocycles. The quantitative estimate of drug-likeness (QED) is 0.567. The molecule has 0 fully saturated rings. The van der Waals surface area contributed by atoms with E-state index in [1.807, 2.05) is 6.07 Å². The average Bonchev–Trinajstić information content (AvgIpc) is 2.74. The SMILES string of the molecule is N#Cc1nn(-c2c(Cl)cc(C(F)(F)F)cc2Cl)c(N)c1C=C(Br)Br. The lowest BCUT2D eigenvalue weighted by Crippen LogP contribution is -2.08. The first kappa shape index (κ1) is 19.1. The van der Waals surface area contributed by atoms with Gasteiger partial charge in [-0.15, -0.1) is 0 Å². The molecular formula is C13H5Br2Cl2F3N4. The summed E-state index contributed by atoms with van der Waals surface area (Å²) in [7, 11) is 0. The zero-order valence-electron chi connectivity index (χ0n) is 11.3. The first-order valence-electron chi connectivity index (χ1n) is 5.94. The largest absolute Gasteiger partial charge is 0.416 e. The monoisotopic (exact) mass is 502 g/mol. The van der Waals surface area contributed by atoms with Crippen molar-refractivity contribution in [3.05, 3.63) is 42.4 Å². The van der Waals surface area contributed by atoms with Gasteiger partial charge in [0.2, 0.25) is 0 Å². The van der Waals surface area contributed by atoms with Crippen molar-refractivity contribution in [1.82, 2.24) is 9.78 Å². The van der Waals surface area contributed by atoms with E-state index < -0.39 is 11.7 Å². The smallest absolute Gasteiger partial charge is 0.383 e. The van der Waals surface area contributed by atoms with Crippen LogP contribution in [0.5, 0.6) is 0 Å². The number of rotatable bonds is 2. The minimum absolute atomic E-state index is 0.00786. The topological polar surface area (TPSA) is 67.6 Å². The molecule has 11 heteroatoms. The molecule has 126 valence electrons. The van der Waals surface area contributed by atoms with Crippen LogP contribution in [0.4, 0.5) is 19.0 Å². The fourth-order valence-corrected chi connectivity index (χ4v) is 2.98. The Labute approximate surface area is 160 Å². The maximum atomic E-state index is 12.8. The van der Waals surface area contributed by atoms with E-state index in [4.69, 9.17) is 34.2 Å². The van der Waals surface area contributed by atoms with E-state index in [9.17, 15) is 13.2 Å². The molecule has 0 spiro atoms. The summed E-state index contributed by atoms with van der Waals surface area (Å²) in [5.74, 6) is -0.00786. The summed E-state index contributed by atoms with van der Waals surface area (Å²) in [5, 5.41) is 12.5. The molecule has 2 N–H and O–H groups in total. The van der Waals surface area contributed by atoms with Gasteiger partial charge in [-0.25, -0.2) is 4.68 Å². The predicted molar refractivity (Wildman–Crippen MR) is 93.5 cm³/mol. The molecule has 0 aliphatic carbocycles. The Bertz CT molecular complexity index is 858. The first-order chi connectivity index (χ1) is 11.1. The molecule has 0 atom stereocenters. The van der Waals surface area contributed by atoms with Crippen molar-refractivity contribution in [1.29, 1.82) is 5.26 Å². The molecule has 2 rings (SSSR count). The van der Waals surface area contributed by atoms with Crippen LogP contribution in [0.15, 0.2) is 15.5 Å². The van der Waals surface area contributed by atoms with E-state index in [0.717, 1.165) is 4.68 Å². The second kappa shape index (κ2) is 6.96. The molecule has 2 aromatic rings. The van der Waals surface area contributed by atoms with Crippen molar-refractivity contribution in [3.8, 4) is 11.8 Å². The van der Waals surface area contributed by atoms with E-state index in [1.54, 1.807) is 0 Å². The molecule has 0 saturated carbocycles. The molecule has 0 aliphatic rings. The summed E-state index contributed by atoms with van der Waals surface area (Å²) < 4.78 is 39.9. The maximum Gasteiger partial charge on any atom is 0.416 e. The number of alkyl halides is 3. The number of aromatic nitrogens is 2. The minimum Gasteiger partial charge on any atom is -0.383 e. The van der Waals surface area contributed by atoms with Gasteiger partial charge >= 0.3 is 6.18 Å². The summed E-state index contributed by atoms with van der Waals surface area (Å²) in [6, 6.07) is 3.27. The van der Waals surface area contributed by atoms with E-state index in [0.29, 0.717) is 15.5 Å². The van der Waals surface area contributed by atoms with E-state index in [1.165, 1.54) is 6.08 Å². The highest BCUT2D eigenvalue weighted by Gasteiger charge is 2.32. The molecule has 1 aromatic heterocycles. The van der Waals surface area contributed by atoms with Gasteiger partial charge in [0, 0.05) is 0 Å². The highest BCUT2D eigenvalue weighted by molar-refractivity contribution is 9.28. The van der Waals surface area contributed by atoms with E-state index >= 15 is 0 Å². The number of anilines is 1. The van der Waals surface area contributed by atoms with Crippen molar-refractivity contribution in [2.24, 2.45) is 0 Å². The molecule has 24 heavy (non-hydrogen) atoms. The van der Waals surface area contributed by atoms with Crippen molar-refractivity contribution in [2.75, 3.05) is 5.73 Å². The molecular weight excluding hydrogens is 500 g/mol. The Hall–Kier alpha value is -1.21. The molecule has 4 nitrogen and oxygen atoms in total. The Morgan fingerprint density at radius 2 is 1.83 bits per heavy atom. The highest BCUT2D eigenvalue weighted by Crippen LogP contribution is 2.39. The van der Waals surface area contributed by atoms with Crippen molar-refractivity contribution >= 4 is 67.0 Å². The molecule has 1 heterocycles. The van der Waals surface area contributed by atoms with Gasteiger partial charge in [-0.05, 0) is 50.1 Å². The number of benzene rings is 1. The number of nitrogens with zero attached hydrogens (tertiary/aromatic N) is 3. The van der Waals surface area contributed by atoms with Crippen molar-refractivity contribution in [3.63, 3.8) is 0 Å². The summed E-state index contributed by atoms with van der Waals surface area (Å²) in [5.41, 5.74) is 5.10. The molecule has 0 aliphatic heterocycles. The standard InChI is InChI=1S/C13H5Br2Cl2F3N4/c14-10(15)3-6-9(4-21)23-24(12(6)22)11-7(16)1-5(2-8(11)17)13(18,19)20/h1-3H,22H2. The second-order valence-corrected chi connectivity index (χ2v) is 7.98. The number of hydrogen-bond acceptors (Lipinski definition) is 3. The molecule has 0 amide bonds. The summed E-state index contributed by atoms with van der Waals surface area (Å²) in [6.07, 6.45) is -3.13. The molecule has 0 saturated heterocycles. The van der Waals surface area contributed by atoms with Crippen LogP contribution in [0.25, 0.3) is 11.8 Å². The van der Waals surface area contributed by atoms with Gasteiger partial charge in [-0.3, -0.25) is 0 Å². The first-order valence-corrected chi connectivity index (χ1v) is 8.28. The maximum absolute atomic E-state index is 12.8. The van der Waals surface area contributed by atoms with Gasteiger partial charge in [0.05, 0.1) is 24.6 Å². The van der Waals surface area contributed by atoms with Crippen LogP contribution in [-0.4, -0.2) is 9.78 Å². The third-order valence-corrected chi connectivity index (χ3v) is 3.91. The fraction of sp³-hybridized carbons (Fsp3) is 0.0769. The Balaban J connectivity index is 2.73. The third kappa shape index (κ3) is 3.72. The van der Waals surface area contributed by atoms with Gasteiger partial charge in [-0.1, -0.05) is 23.2 Å². The Morgan fingerprint density at radius 1 is 1.29 bits per heavy atom. The number of nitrogen functional groups attached to an aromatic ring is 1. The molecule has 0 radical (unpaired) electrons. The highest BCUT2D eigenvalue weighted by atomic mass is 79.9. The number of hydrogen-bond donors (Lipinski definition) is 1. The fourth-order valence-electron chi connectivity index (χ4n) is 1.88. The zero-order valence-corrected chi connectivity index (χ0v) is 16.0. The van der Waals surface area contributed by atoms with Crippen LogP contribution >= 0.6 is 55.1 Å². The zero-order chi connectivity index (χ0) is 18.2. The number of nitriles is 1. The van der Waals surface area contributed by atoms with E-state index in [2.05, 4.69) is 37.0 Å². The number of halogens is 7. The normalized spacial score (nSPS) is 11.2. The molecule has 0 unspecified atom stereocenters. The van der Waals surface area contributed by atoms with Gasteiger partial charge in [0.1, 0.15) is 17.6 Å². The van der Waals surface area contributed by atoms with Crippen LogP contribution in [0, 0.1) is 11.3 Å². The van der Waals surface area contributed by atoms with Crippen LogP contribution in [0.2, 0.25) is 10.0 Å². The lowest BCUT2D eigenvalue weighted by molar-refractivity contribution is -0.137. The Kier molecular flexibility index (Phi) is 5.54. The van der Waals surface area contributed by atoms with Crippen molar-refractivity contribution in [2.45, 2.75) is 6.18 Å². The average molecular weight is 505 g/mol. The van der Waals surface area contributed by atoms with Crippen LogP contribution < -0.4 is 5.73 Å². The van der Waals surface area contributed by atoms with Crippen LogP contribution in [0.1, 0.15) is 16.8 Å². The molecule has 0 bridgehead atoms. The van der Waals surface area contributed by atoms with Gasteiger partial charge in [0.25, 0.3) is 0 Å². The van der Waals surface area contributed by atoms with Crippen LogP contribution in [-0.2, 0) is 6.18 Å². The second-order valence-electron chi connectivity index (χ2n) is 4.39. The number of nitrogens with two attached hydrogens (primary N) is 1. The summed E-state index contributed by atoms with van der Waals surface area (Å²) in [4.78, 5) is 0. The van der Waals surface area contributed by atoms with Gasteiger partial charge in [0.15, 0.2) is 5.69 Å². The minimum atomic E-state index is -4.60. The Morgan fingerprint density at radius 3 is 2.25 bits per heavy atom. The van der Waals surface area contributed by atoms with E-state index in [-0.39, 0.29) is 32.8 Å². The van der Waals surface area contributed by atoms with Crippen LogP contribution in [0.3, 0.4) is 0 Å². The predicted octanol–water partition coefficient (Wildman–Crippen LogP) is 5.74. The summed E-state index contributed by atoms with van der Waals surface area (Å²) in [6.45, 7) is 0. The lowest BCUT2D eigenvalue weighted by atomic mass is 10.2.